The van der Waals surface area contributed by atoms with E-state index < -0.39 is 0 Å². The molecule has 0 bridgehead atoms. The maximum atomic E-state index is 9.73. The van der Waals surface area contributed by atoms with E-state index in [1.165, 1.54) is 0 Å². The molecular formula is C10H20ClNO. The van der Waals surface area contributed by atoms with Gasteiger partial charge in [-0.2, -0.15) is 0 Å². The first-order chi connectivity index (χ1) is 6.06. The largest absolute Gasteiger partial charge is 0.392 e. The second-order valence-corrected chi connectivity index (χ2v) is 4.99. The van der Waals surface area contributed by atoms with E-state index in [1.807, 2.05) is 0 Å². The van der Waals surface area contributed by atoms with Crippen molar-refractivity contribution in [3.8, 4) is 0 Å². The number of aliphatic hydroxyl groups is 1. The van der Waals surface area contributed by atoms with Crippen LogP contribution < -0.4 is 0 Å². The minimum absolute atomic E-state index is 0.0462. The Morgan fingerprint density at radius 3 is 2.77 bits per heavy atom. The van der Waals surface area contributed by atoms with Crippen LogP contribution in [0.4, 0.5) is 0 Å². The molecule has 1 N–H and O–H groups in total. The van der Waals surface area contributed by atoms with Crippen LogP contribution in [0.5, 0.6) is 0 Å². The summed E-state index contributed by atoms with van der Waals surface area (Å²) in [5, 5.41) is 9.73. The second kappa shape index (κ2) is 4.63. The summed E-state index contributed by atoms with van der Waals surface area (Å²) in [4.78, 5) is 2.40. The van der Waals surface area contributed by atoms with Gasteiger partial charge in [-0.25, -0.2) is 0 Å². The quantitative estimate of drug-likeness (QED) is 0.710. The van der Waals surface area contributed by atoms with Crippen molar-refractivity contribution >= 4 is 11.6 Å². The van der Waals surface area contributed by atoms with Crippen LogP contribution in [0.3, 0.4) is 0 Å². The molecule has 1 saturated heterocycles. The molecule has 0 saturated carbocycles. The van der Waals surface area contributed by atoms with Gasteiger partial charge in [-0.3, -0.25) is 0 Å². The Hall–Kier alpha value is 0.210. The van der Waals surface area contributed by atoms with Gasteiger partial charge in [-0.1, -0.05) is 13.8 Å². The SMILES string of the molecule is CC1(C)CN(CCCCl)CCC1O. The lowest BCUT2D eigenvalue weighted by Gasteiger charge is -2.41. The van der Waals surface area contributed by atoms with E-state index in [9.17, 15) is 5.11 Å². The first-order valence-corrected chi connectivity index (χ1v) is 5.56. The number of aliphatic hydroxyl groups excluding tert-OH is 1. The summed E-state index contributed by atoms with van der Waals surface area (Å²) in [7, 11) is 0. The van der Waals surface area contributed by atoms with Crippen LogP contribution in [0, 0.1) is 5.41 Å². The number of rotatable bonds is 3. The molecule has 78 valence electrons. The second-order valence-electron chi connectivity index (χ2n) is 4.61. The molecule has 1 aliphatic heterocycles. The van der Waals surface area contributed by atoms with Gasteiger partial charge in [0.1, 0.15) is 0 Å². The Balaban J connectivity index is 2.37. The highest BCUT2D eigenvalue weighted by molar-refractivity contribution is 6.17. The zero-order valence-electron chi connectivity index (χ0n) is 8.59. The van der Waals surface area contributed by atoms with Gasteiger partial charge in [0, 0.05) is 24.4 Å². The van der Waals surface area contributed by atoms with Gasteiger partial charge in [0.05, 0.1) is 6.10 Å². The summed E-state index contributed by atoms with van der Waals surface area (Å²) in [5.41, 5.74) is 0.0462. The fourth-order valence-electron chi connectivity index (χ4n) is 1.93. The van der Waals surface area contributed by atoms with Gasteiger partial charge >= 0.3 is 0 Å². The van der Waals surface area contributed by atoms with Crippen LogP contribution in [0.15, 0.2) is 0 Å². The third-order valence-electron chi connectivity index (χ3n) is 2.86. The summed E-state index contributed by atoms with van der Waals surface area (Å²) in [5.74, 6) is 0.736. The lowest BCUT2D eigenvalue weighted by molar-refractivity contribution is -0.0241. The first kappa shape index (κ1) is 11.3. The molecule has 0 aromatic rings. The summed E-state index contributed by atoms with van der Waals surface area (Å²) >= 11 is 5.64. The van der Waals surface area contributed by atoms with Crippen molar-refractivity contribution in [3.63, 3.8) is 0 Å². The third kappa shape index (κ3) is 3.12. The minimum atomic E-state index is -0.139. The van der Waals surface area contributed by atoms with E-state index in [4.69, 9.17) is 11.6 Å². The smallest absolute Gasteiger partial charge is 0.0615 e. The van der Waals surface area contributed by atoms with Crippen LogP contribution in [0.25, 0.3) is 0 Å². The monoisotopic (exact) mass is 205 g/mol. The molecule has 2 nitrogen and oxygen atoms in total. The molecule has 1 aliphatic rings. The van der Waals surface area contributed by atoms with Crippen LogP contribution >= 0.6 is 11.6 Å². The third-order valence-corrected chi connectivity index (χ3v) is 3.13. The lowest BCUT2D eigenvalue weighted by Crippen LogP contribution is -2.48. The van der Waals surface area contributed by atoms with Crippen LogP contribution in [-0.4, -0.2) is 41.6 Å². The summed E-state index contributed by atoms with van der Waals surface area (Å²) in [6.07, 6.45) is 1.81. The molecule has 0 spiro atoms. The molecule has 1 fully saturated rings. The van der Waals surface area contributed by atoms with Gasteiger partial charge in [0.25, 0.3) is 0 Å². The number of likely N-dealkylation sites (tertiary alicyclic amines) is 1. The Kier molecular flexibility index (Phi) is 4.02. The Morgan fingerprint density at radius 2 is 2.23 bits per heavy atom. The summed E-state index contributed by atoms with van der Waals surface area (Å²) < 4.78 is 0. The van der Waals surface area contributed by atoms with Gasteiger partial charge in [0.2, 0.25) is 0 Å². The van der Waals surface area contributed by atoms with Gasteiger partial charge in [0.15, 0.2) is 0 Å². The topological polar surface area (TPSA) is 23.5 Å². The van der Waals surface area contributed by atoms with E-state index in [2.05, 4.69) is 18.7 Å². The Labute approximate surface area is 85.9 Å². The summed E-state index contributed by atoms with van der Waals surface area (Å²) in [6, 6.07) is 0. The zero-order valence-corrected chi connectivity index (χ0v) is 9.35. The Morgan fingerprint density at radius 1 is 1.54 bits per heavy atom. The predicted molar refractivity (Wildman–Crippen MR) is 56.2 cm³/mol. The van der Waals surface area contributed by atoms with Crippen molar-refractivity contribution < 1.29 is 5.11 Å². The molecule has 1 atom stereocenters. The number of hydrogen-bond acceptors (Lipinski definition) is 2. The number of halogens is 1. The van der Waals surface area contributed by atoms with E-state index in [-0.39, 0.29) is 11.5 Å². The molecule has 1 unspecified atom stereocenters. The van der Waals surface area contributed by atoms with Crippen molar-refractivity contribution in [1.29, 1.82) is 0 Å². The number of alkyl halides is 1. The molecule has 1 heterocycles. The fraction of sp³-hybridized carbons (Fsp3) is 1.00. The fourth-order valence-corrected chi connectivity index (χ4v) is 2.05. The van der Waals surface area contributed by atoms with Crippen molar-refractivity contribution in [2.24, 2.45) is 5.41 Å². The van der Waals surface area contributed by atoms with Crippen molar-refractivity contribution in [1.82, 2.24) is 4.90 Å². The molecule has 13 heavy (non-hydrogen) atoms. The standard InChI is InChI=1S/C10H20ClNO/c1-10(2)8-12(6-3-5-11)7-4-9(10)13/h9,13H,3-8H2,1-2H3. The number of piperidine rings is 1. The average molecular weight is 206 g/mol. The highest BCUT2D eigenvalue weighted by Gasteiger charge is 2.33. The van der Waals surface area contributed by atoms with Gasteiger partial charge < -0.3 is 10.0 Å². The van der Waals surface area contributed by atoms with Gasteiger partial charge in [-0.05, 0) is 19.4 Å². The molecule has 0 aromatic carbocycles. The van der Waals surface area contributed by atoms with E-state index in [0.29, 0.717) is 0 Å². The summed E-state index contributed by atoms with van der Waals surface area (Å²) in [6.45, 7) is 7.33. The van der Waals surface area contributed by atoms with Crippen molar-refractivity contribution in [3.05, 3.63) is 0 Å². The predicted octanol–water partition coefficient (Wildman–Crippen LogP) is 1.71. The minimum Gasteiger partial charge on any atom is -0.392 e. The van der Waals surface area contributed by atoms with Crippen LogP contribution in [-0.2, 0) is 0 Å². The maximum absolute atomic E-state index is 9.73. The van der Waals surface area contributed by atoms with Gasteiger partial charge in [-0.15, -0.1) is 11.6 Å². The molecule has 0 radical (unpaired) electrons. The number of hydrogen-bond donors (Lipinski definition) is 1. The molecule has 0 aliphatic carbocycles. The molecule has 1 rings (SSSR count). The van der Waals surface area contributed by atoms with E-state index in [0.717, 1.165) is 38.4 Å². The van der Waals surface area contributed by atoms with E-state index >= 15 is 0 Å². The highest BCUT2D eigenvalue weighted by Crippen LogP contribution is 2.28. The highest BCUT2D eigenvalue weighted by atomic mass is 35.5. The maximum Gasteiger partial charge on any atom is 0.0615 e. The number of nitrogens with zero attached hydrogens (tertiary/aromatic N) is 1. The molecule has 0 aromatic heterocycles. The average Bonchev–Trinajstić information content (AvgIpc) is 2.07. The molecule has 0 amide bonds. The van der Waals surface area contributed by atoms with Crippen LogP contribution in [0.2, 0.25) is 0 Å². The first-order valence-electron chi connectivity index (χ1n) is 5.02. The zero-order chi connectivity index (χ0) is 9.90. The van der Waals surface area contributed by atoms with Crippen molar-refractivity contribution in [2.45, 2.75) is 32.8 Å². The normalized spacial score (nSPS) is 29.1. The lowest BCUT2D eigenvalue weighted by atomic mass is 9.81. The van der Waals surface area contributed by atoms with Crippen LogP contribution in [0.1, 0.15) is 26.7 Å². The van der Waals surface area contributed by atoms with Crippen molar-refractivity contribution in [2.75, 3.05) is 25.5 Å². The Bertz CT molecular complexity index is 159. The molecular weight excluding hydrogens is 186 g/mol. The molecule has 3 heteroatoms. The van der Waals surface area contributed by atoms with E-state index in [1.54, 1.807) is 0 Å².